The maximum absolute atomic E-state index is 11.3. The zero-order valence-corrected chi connectivity index (χ0v) is 7.77. The predicted molar refractivity (Wildman–Crippen MR) is 52.5 cm³/mol. The van der Waals surface area contributed by atoms with Crippen molar-refractivity contribution in [2.24, 2.45) is 0 Å². The number of hydrogen-bond acceptors (Lipinski definition) is 3. The van der Waals surface area contributed by atoms with Gasteiger partial charge in [-0.05, 0) is 36.4 Å². The van der Waals surface area contributed by atoms with E-state index < -0.39 is 0 Å². The highest BCUT2D eigenvalue weighted by Crippen LogP contribution is 2.11. The van der Waals surface area contributed by atoms with Crippen molar-refractivity contribution in [1.82, 2.24) is 0 Å². The van der Waals surface area contributed by atoms with Crippen LogP contribution in [-0.2, 0) is 4.79 Å². The molecule has 0 radical (unpaired) electrons. The molecule has 0 bridgehead atoms. The Morgan fingerprint density at radius 3 is 2.43 bits per heavy atom. The fourth-order valence-corrected chi connectivity index (χ4v) is 0.978. The van der Waals surface area contributed by atoms with Gasteiger partial charge in [-0.3, -0.25) is 9.59 Å². The smallest absolute Gasteiger partial charge is 0.185 e. The Hall–Kier alpha value is -1.90. The van der Waals surface area contributed by atoms with E-state index in [1.165, 1.54) is 12.2 Å². The van der Waals surface area contributed by atoms with Crippen molar-refractivity contribution in [1.29, 1.82) is 0 Å². The molecular weight excluding hydrogens is 180 g/mol. The Kier molecular flexibility index (Phi) is 3.61. The summed E-state index contributed by atoms with van der Waals surface area (Å²) in [5, 5.41) is 0. The van der Waals surface area contributed by atoms with Crippen LogP contribution in [0.4, 0.5) is 0 Å². The van der Waals surface area contributed by atoms with Gasteiger partial charge in [0.2, 0.25) is 0 Å². The van der Waals surface area contributed by atoms with E-state index in [4.69, 9.17) is 4.74 Å². The molecule has 14 heavy (non-hydrogen) atoms. The molecule has 0 spiro atoms. The van der Waals surface area contributed by atoms with Gasteiger partial charge in [0.25, 0.3) is 0 Å². The Morgan fingerprint density at radius 2 is 1.93 bits per heavy atom. The molecule has 0 aliphatic heterocycles. The summed E-state index contributed by atoms with van der Waals surface area (Å²) in [5.74, 6) is 0.501. The minimum atomic E-state index is -0.195. The molecule has 0 aromatic heterocycles. The number of aldehydes is 1. The quantitative estimate of drug-likeness (QED) is 0.411. The van der Waals surface area contributed by atoms with Gasteiger partial charge in [-0.1, -0.05) is 0 Å². The lowest BCUT2D eigenvalue weighted by Gasteiger charge is -1.99. The Bertz CT molecular complexity index is 349. The summed E-state index contributed by atoms with van der Waals surface area (Å²) in [6, 6.07) is 6.69. The number of methoxy groups -OCH3 is 1. The molecular formula is C11H10O3. The summed E-state index contributed by atoms with van der Waals surface area (Å²) in [4.78, 5) is 21.3. The lowest BCUT2D eigenvalue weighted by atomic mass is 10.1. The second kappa shape index (κ2) is 4.97. The van der Waals surface area contributed by atoms with Crippen molar-refractivity contribution in [3.05, 3.63) is 42.0 Å². The van der Waals surface area contributed by atoms with Gasteiger partial charge in [-0.25, -0.2) is 0 Å². The summed E-state index contributed by atoms with van der Waals surface area (Å²) in [6.07, 6.45) is 2.97. The number of ketones is 1. The Morgan fingerprint density at radius 1 is 1.29 bits per heavy atom. The summed E-state index contributed by atoms with van der Waals surface area (Å²) < 4.78 is 4.94. The van der Waals surface area contributed by atoms with E-state index in [2.05, 4.69) is 0 Å². The van der Waals surface area contributed by atoms with Crippen molar-refractivity contribution < 1.29 is 14.3 Å². The molecule has 0 aliphatic rings. The number of carbonyl (C=O) groups excluding carboxylic acids is 2. The molecule has 0 heterocycles. The summed E-state index contributed by atoms with van der Waals surface area (Å²) in [5.41, 5.74) is 0.531. The van der Waals surface area contributed by atoms with Gasteiger partial charge in [-0.15, -0.1) is 0 Å². The molecule has 0 unspecified atom stereocenters. The number of allylic oxidation sites excluding steroid dienone is 2. The van der Waals surface area contributed by atoms with Crippen molar-refractivity contribution >= 4 is 12.1 Å². The highest BCUT2D eigenvalue weighted by molar-refractivity contribution is 6.05. The third kappa shape index (κ3) is 2.55. The number of carbonyl (C=O) groups is 2. The third-order valence-electron chi connectivity index (χ3n) is 1.70. The zero-order chi connectivity index (χ0) is 10.4. The average molecular weight is 190 g/mol. The van der Waals surface area contributed by atoms with Gasteiger partial charge in [0.1, 0.15) is 12.0 Å². The molecule has 72 valence electrons. The van der Waals surface area contributed by atoms with Crippen LogP contribution in [-0.4, -0.2) is 19.2 Å². The molecule has 0 atom stereocenters. The van der Waals surface area contributed by atoms with E-state index in [0.717, 1.165) is 0 Å². The Balaban J connectivity index is 2.81. The molecule has 1 aromatic carbocycles. The molecule has 1 rings (SSSR count). The topological polar surface area (TPSA) is 43.4 Å². The minimum absolute atomic E-state index is 0.195. The standard InChI is InChI=1S/C11H10O3/c1-14-10-6-4-9(5-7-10)11(13)3-2-8-12/h2-8H,1H3/b3-2+. The van der Waals surface area contributed by atoms with Gasteiger partial charge in [-0.2, -0.15) is 0 Å². The SMILES string of the molecule is COc1ccc(C(=O)/C=C/C=O)cc1. The van der Waals surface area contributed by atoms with Crippen molar-refractivity contribution in [3.63, 3.8) is 0 Å². The van der Waals surface area contributed by atoms with Crippen LogP contribution in [0.25, 0.3) is 0 Å². The van der Waals surface area contributed by atoms with Crippen LogP contribution >= 0.6 is 0 Å². The average Bonchev–Trinajstić information content (AvgIpc) is 2.26. The molecule has 3 nitrogen and oxygen atoms in total. The monoisotopic (exact) mass is 190 g/mol. The van der Waals surface area contributed by atoms with Crippen molar-refractivity contribution in [2.75, 3.05) is 7.11 Å². The minimum Gasteiger partial charge on any atom is -0.497 e. The molecule has 0 saturated carbocycles. The molecule has 0 fully saturated rings. The van der Waals surface area contributed by atoms with Gasteiger partial charge in [0, 0.05) is 5.56 Å². The normalized spacial score (nSPS) is 10.1. The lowest BCUT2D eigenvalue weighted by Crippen LogP contribution is -1.94. The van der Waals surface area contributed by atoms with Gasteiger partial charge < -0.3 is 4.74 Å². The van der Waals surface area contributed by atoms with Crippen molar-refractivity contribution in [3.8, 4) is 5.75 Å². The first-order valence-corrected chi connectivity index (χ1v) is 4.08. The summed E-state index contributed by atoms with van der Waals surface area (Å²) >= 11 is 0. The summed E-state index contributed by atoms with van der Waals surface area (Å²) in [7, 11) is 1.56. The van der Waals surface area contributed by atoms with Gasteiger partial charge >= 0.3 is 0 Å². The van der Waals surface area contributed by atoms with E-state index in [-0.39, 0.29) is 5.78 Å². The maximum Gasteiger partial charge on any atom is 0.185 e. The van der Waals surface area contributed by atoms with Crippen LogP contribution in [0.2, 0.25) is 0 Å². The fourth-order valence-electron chi connectivity index (χ4n) is 0.978. The lowest BCUT2D eigenvalue weighted by molar-refractivity contribution is -0.104. The van der Waals surface area contributed by atoms with Gasteiger partial charge in [0.15, 0.2) is 5.78 Å². The highest BCUT2D eigenvalue weighted by Gasteiger charge is 2.00. The van der Waals surface area contributed by atoms with Crippen LogP contribution < -0.4 is 4.74 Å². The highest BCUT2D eigenvalue weighted by atomic mass is 16.5. The molecule has 0 aliphatic carbocycles. The van der Waals surface area contributed by atoms with Crippen LogP contribution in [0.5, 0.6) is 5.75 Å². The van der Waals surface area contributed by atoms with E-state index in [0.29, 0.717) is 17.6 Å². The van der Waals surface area contributed by atoms with Crippen LogP contribution in [0, 0.1) is 0 Å². The number of rotatable bonds is 4. The summed E-state index contributed by atoms with van der Waals surface area (Å²) in [6.45, 7) is 0. The first kappa shape index (κ1) is 10.2. The van der Waals surface area contributed by atoms with Gasteiger partial charge in [0.05, 0.1) is 7.11 Å². The van der Waals surface area contributed by atoms with E-state index in [1.54, 1.807) is 31.4 Å². The zero-order valence-electron chi connectivity index (χ0n) is 7.77. The first-order valence-electron chi connectivity index (χ1n) is 4.08. The third-order valence-corrected chi connectivity index (χ3v) is 1.70. The molecule has 0 N–H and O–H groups in total. The number of hydrogen-bond donors (Lipinski definition) is 0. The molecule has 0 amide bonds. The number of ether oxygens (including phenoxy) is 1. The number of benzene rings is 1. The van der Waals surface area contributed by atoms with Crippen molar-refractivity contribution in [2.45, 2.75) is 0 Å². The van der Waals surface area contributed by atoms with E-state index in [9.17, 15) is 9.59 Å². The second-order valence-electron chi connectivity index (χ2n) is 2.59. The predicted octanol–water partition coefficient (Wildman–Crippen LogP) is 1.63. The fraction of sp³-hybridized carbons (Fsp3) is 0.0909. The maximum atomic E-state index is 11.3. The molecule has 3 heteroatoms. The Labute approximate surface area is 82.0 Å². The van der Waals surface area contributed by atoms with Crippen LogP contribution in [0.15, 0.2) is 36.4 Å². The van der Waals surface area contributed by atoms with Crippen LogP contribution in [0.3, 0.4) is 0 Å². The molecule has 0 saturated heterocycles. The first-order chi connectivity index (χ1) is 6.77. The second-order valence-corrected chi connectivity index (χ2v) is 2.59. The van der Waals surface area contributed by atoms with Crippen LogP contribution in [0.1, 0.15) is 10.4 Å². The molecule has 1 aromatic rings. The van der Waals surface area contributed by atoms with E-state index >= 15 is 0 Å². The largest absolute Gasteiger partial charge is 0.497 e. The van der Waals surface area contributed by atoms with E-state index in [1.807, 2.05) is 0 Å².